The highest BCUT2D eigenvalue weighted by Crippen LogP contribution is 2.38. The number of primary amides is 1. The molecule has 3 heterocycles. The van der Waals surface area contributed by atoms with Gasteiger partial charge in [0, 0.05) is 19.2 Å². The molecule has 2 aromatic heterocycles. The van der Waals surface area contributed by atoms with E-state index >= 15 is 0 Å². The molecule has 4 N–H and O–H groups in total. The molecule has 0 saturated carbocycles. The van der Waals surface area contributed by atoms with Gasteiger partial charge in [-0.25, -0.2) is 0 Å². The van der Waals surface area contributed by atoms with Gasteiger partial charge in [0.05, 0.1) is 30.3 Å². The highest BCUT2D eigenvalue weighted by atomic mass is 16.5. The number of aryl methyl sites for hydroxylation is 1. The molecule has 1 aliphatic heterocycles. The second-order valence-corrected chi connectivity index (χ2v) is 7.02. The Morgan fingerprint density at radius 1 is 1.25 bits per heavy atom. The number of anilines is 1. The highest BCUT2D eigenvalue weighted by Gasteiger charge is 2.34. The topological polar surface area (TPSA) is 121 Å². The number of nitrogens with zero attached hydrogens (tertiary/aromatic N) is 4. The number of rotatable bonds is 3. The van der Waals surface area contributed by atoms with Crippen molar-refractivity contribution in [2.45, 2.75) is 20.4 Å². The molecule has 0 bridgehead atoms. The lowest BCUT2D eigenvalue weighted by molar-refractivity contribution is 0.0745. The van der Waals surface area contributed by atoms with Crippen LogP contribution in [0, 0.1) is 13.8 Å². The number of nitrogens with two attached hydrogens (primary N) is 2. The lowest BCUT2D eigenvalue weighted by atomic mass is 10.1. The third-order valence-corrected chi connectivity index (χ3v) is 5.36. The first kappa shape index (κ1) is 17.9. The minimum Gasteiger partial charge on any atom is -0.496 e. The summed E-state index contributed by atoms with van der Waals surface area (Å²) in [6, 6.07) is 3.78. The Bertz CT molecular complexity index is 1160. The van der Waals surface area contributed by atoms with Crippen LogP contribution in [0.1, 0.15) is 32.0 Å². The summed E-state index contributed by atoms with van der Waals surface area (Å²) in [5.41, 5.74) is 15.4. The number of likely N-dealkylation sites (N-methyl/N-ethyl adjacent to an activating group) is 1. The van der Waals surface area contributed by atoms with Crippen molar-refractivity contribution in [2.24, 2.45) is 5.73 Å². The number of fused-ring (bicyclic) bond motifs is 3. The maximum Gasteiger partial charge on any atom is 0.272 e. The first-order valence-corrected chi connectivity index (χ1v) is 8.88. The van der Waals surface area contributed by atoms with Crippen LogP contribution in [0.2, 0.25) is 0 Å². The fourth-order valence-corrected chi connectivity index (χ4v) is 3.95. The van der Waals surface area contributed by atoms with Gasteiger partial charge in [0.25, 0.3) is 11.8 Å². The van der Waals surface area contributed by atoms with Crippen molar-refractivity contribution < 1.29 is 14.3 Å². The normalized spacial score (nSPS) is 13.9. The number of aromatic nitrogens is 3. The number of ether oxygens (including phenoxy) is 1. The summed E-state index contributed by atoms with van der Waals surface area (Å²) in [5, 5.41) is 5.01. The zero-order chi connectivity index (χ0) is 20.3. The van der Waals surface area contributed by atoms with Gasteiger partial charge in [0.15, 0.2) is 5.65 Å². The molecule has 4 rings (SSSR count). The molecule has 3 aromatic rings. The second-order valence-electron chi connectivity index (χ2n) is 7.02. The Balaban J connectivity index is 2.16. The molecule has 0 unspecified atom stereocenters. The van der Waals surface area contributed by atoms with Crippen LogP contribution in [0.25, 0.3) is 16.7 Å². The van der Waals surface area contributed by atoms with Crippen molar-refractivity contribution in [3.63, 3.8) is 0 Å². The quantitative estimate of drug-likeness (QED) is 0.705. The van der Waals surface area contributed by atoms with Crippen LogP contribution in [0.3, 0.4) is 0 Å². The zero-order valence-corrected chi connectivity index (χ0v) is 16.2. The molecule has 0 fully saturated rings. The molecule has 0 atom stereocenters. The van der Waals surface area contributed by atoms with E-state index in [1.54, 1.807) is 28.3 Å². The van der Waals surface area contributed by atoms with Crippen molar-refractivity contribution in [1.29, 1.82) is 0 Å². The van der Waals surface area contributed by atoms with E-state index in [2.05, 4.69) is 5.10 Å². The Morgan fingerprint density at radius 3 is 2.61 bits per heavy atom. The monoisotopic (exact) mass is 382 g/mol. The Morgan fingerprint density at radius 2 is 1.96 bits per heavy atom. The number of amides is 2. The molecule has 2 amide bonds. The van der Waals surface area contributed by atoms with Gasteiger partial charge in [-0.2, -0.15) is 5.10 Å². The SMILES string of the molecule is COc1ccc(C)c(-n2c(N)c(C(N)=O)c3c4n(nc32)CCN(C)C4=O)c1C. The van der Waals surface area contributed by atoms with Gasteiger partial charge in [-0.3, -0.25) is 18.8 Å². The van der Waals surface area contributed by atoms with Gasteiger partial charge in [-0.05, 0) is 25.5 Å². The summed E-state index contributed by atoms with van der Waals surface area (Å²) in [5.74, 6) is -0.0695. The number of hydrogen-bond donors (Lipinski definition) is 2. The molecule has 0 saturated heterocycles. The van der Waals surface area contributed by atoms with E-state index in [0.29, 0.717) is 35.6 Å². The maximum absolute atomic E-state index is 12.8. The van der Waals surface area contributed by atoms with Gasteiger partial charge < -0.3 is 21.1 Å². The van der Waals surface area contributed by atoms with Crippen LogP contribution < -0.4 is 16.2 Å². The average Bonchev–Trinajstić information content (AvgIpc) is 3.13. The zero-order valence-electron chi connectivity index (χ0n) is 16.2. The summed E-state index contributed by atoms with van der Waals surface area (Å²) in [6.45, 7) is 4.91. The Hall–Kier alpha value is -3.49. The number of benzene rings is 1. The minimum atomic E-state index is -0.698. The average molecular weight is 382 g/mol. The first-order valence-electron chi connectivity index (χ1n) is 8.88. The van der Waals surface area contributed by atoms with Gasteiger partial charge in [-0.15, -0.1) is 0 Å². The molecule has 9 heteroatoms. The molecule has 9 nitrogen and oxygen atoms in total. The van der Waals surface area contributed by atoms with E-state index in [9.17, 15) is 9.59 Å². The summed E-state index contributed by atoms with van der Waals surface area (Å²) >= 11 is 0. The summed E-state index contributed by atoms with van der Waals surface area (Å²) < 4.78 is 8.77. The number of carbonyl (C=O) groups is 2. The van der Waals surface area contributed by atoms with E-state index in [4.69, 9.17) is 16.2 Å². The smallest absolute Gasteiger partial charge is 0.272 e. The second kappa shape index (κ2) is 6.01. The maximum atomic E-state index is 12.8. The van der Waals surface area contributed by atoms with Crippen LogP contribution in [0.4, 0.5) is 5.82 Å². The third-order valence-electron chi connectivity index (χ3n) is 5.36. The van der Waals surface area contributed by atoms with E-state index in [-0.39, 0.29) is 17.3 Å². The molecule has 146 valence electrons. The molecule has 0 spiro atoms. The summed E-state index contributed by atoms with van der Waals surface area (Å²) in [7, 11) is 3.31. The standard InChI is InChI=1S/C19H22N6O3/c1-9-5-6-11(28-4)10(2)14(9)25-16(20)13(17(21)26)12-15-19(27)23(3)7-8-24(15)22-18(12)25/h5-6H,7-8,20H2,1-4H3,(H2,21,26). The number of carbonyl (C=O) groups excluding carboxylic acids is 2. The molecule has 0 radical (unpaired) electrons. The fourth-order valence-electron chi connectivity index (χ4n) is 3.95. The molecule has 1 aromatic carbocycles. The van der Waals surface area contributed by atoms with Crippen molar-refractivity contribution in [2.75, 3.05) is 26.4 Å². The van der Waals surface area contributed by atoms with Crippen LogP contribution in [0.15, 0.2) is 12.1 Å². The van der Waals surface area contributed by atoms with Crippen molar-refractivity contribution in [1.82, 2.24) is 19.2 Å². The molecular formula is C19H22N6O3. The predicted octanol–water partition coefficient (Wildman–Crippen LogP) is 1.22. The molecule has 0 aliphatic carbocycles. The van der Waals surface area contributed by atoms with E-state index in [1.165, 1.54) is 0 Å². The van der Waals surface area contributed by atoms with Crippen molar-refractivity contribution in [3.05, 3.63) is 34.5 Å². The number of hydrogen-bond acceptors (Lipinski definition) is 5. The lowest BCUT2D eigenvalue weighted by Crippen LogP contribution is -2.37. The van der Waals surface area contributed by atoms with E-state index in [1.807, 2.05) is 26.0 Å². The largest absolute Gasteiger partial charge is 0.496 e. The van der Waals surface area contributed by atoms with Crippen LogP contribution in [0.5, 0.6) is 5.75 Å². The Kier molecular flexibility index (Phi) is 3.84. The van der Waals surface area contributed by atoms with Gasteiger partial charge in [-0.1, -0.05) is 6.07 Å². The number of nitrogen functional groups attached to an aromatic ring is 1. The van der Waals surface area contributed by atoms with Crippen LogP contribution in [-0.4, -0.2) is 51.8 Å². The Labute approximate surface area is 161 Å². The van der Waals surface area contributed by atoms with E-state index < -0.39 is 5.91 Å². The predicted molar refractivity (Wildman–Crippen MR) is 105 cm³/mol. The van der Waals surface area contributed by atoms with E-state index in [0.717, 1.165) is 16.8 Å². The lowest BCUT2D eigenvalue weighted by Gasteiger charge is -2.23. The molecular weight excluding hydrogens is 360 g/mol. The third kappa shape index (κ3) is 2.22. The molecule has 1 aliphatic rings. The minimum absolute atomic E-state index is 0.113. The van der Waals surface area contributed by atoms with Gasteiger partial charge in [0.1, 0.15) is 17.3 Å². The van der Waals surface area contributed by atoms with Crippen LogP contribution in [-0.2, 0) is 6.54 Å². The summed E-state index contributed by atoms with van der Waals surface area (Å²) in [6.07, 6.45) is 0. The fraction of sp³-hybridized carbons (Fsp3) is 0.316. The van der Waals surface area contributed by atoms with Crippen molar-refractivity contribution in [3.8, 4) is 11.4 Å². The van der Waals surface area contributed by atoms with Crippen molar-refractivity contribution >= 4 is 28.7 Å². The van der Waals surface area contributed by atoms with Crippen LogP contribution >= 0.6 is 0 Å². The highest BCUT2D eigenvalue weighted by molar-refractivity contribution is 6.17. The van der Waals surface area contributed by atoms with Gasteiger partial charge >= 0.3 is 0 Å². The first-order chi connectivity index (χ1) is 13.3. The number of methoxy groups -OCH3 is 1. The van der Waals surface area contributed by atoms with Gasteiger partial charge in [0.2, 0.25) is 0 Å². The summed E-state index contributed by atoms with van der Waals surface area (Å²) in [4.78, 5) is 26.7. The molecule has 28 heavy (non-hydrogen) atoms.